The van der Waals surface area contributed by atoms with E-state index < -0.39 is 5.91 Å². The third-order valence-corrected chi connectivity index (χ3v) is 3.08. The normalized spacial score (nSPS) is 17.6. The summed E-state index contributed by atoms with van der Waals surface area (Å²) in [6, 6.07) is 2.22. The standard InChI is InChI=1S/C11H18N4O/c1-2-8-7-10(11(12)16)14-15(8)9-3-5-13-6-4-9/h7,9,13H,2-6H2,1H3,(H2,12,16). The Bertz CT molecular complexity index is 379. The second-order valence-corrected chi connectivity index (χ2v) is 4.16. The first-order valence-corrected chi connectivity index (χ1v) is 5.81. The number of nitrogens with one attached hydrogen (secondary N) is 1. The molecule has 0 saturated carbocycles. The minimum absolute atomic E-state index is 0.385. The second kappa shape index (κ2) is 4.65. The van der Waals surface area contributed by atoms with Crippen molar-refractivity contribution in [2.24, 2.45) is 5.73 Å². The lowest BCUT2D eigenvalue weighted by Crippen LogP contribution is -2.30. The van der Waals surface area contributed by atoms with Gasteiger partial charge < -0.3 is 11.1 Å². The van der Waals surface area contributed by atoms with Crippen LogP contribution in [0.4, 0.5) is 0 Å². The molecule has 1 fully saturated rings. The molecule has 0 spiro atoms. The predicted octanol–water partition coefficient (Wildman–Crippen LogP) is 0.469. The average Bonchev–Trinajstić information content (AvgIpc) is 2.74. The van der Waals surface area contributed by atoms with Crippen LogP contribution in [0.5, 0.6) is 0 Å². The smallest absolute Gasteiger partial charge is 0.269 e. The minimum atomic E-state index is -0.442. The van der Waals surface area contributed by atoms with Crippen molar-refractivity contribution in [3.05, 3.63) is 17.5 Å². The van der Waals surface area contributed by atoms with Crippen LogP contribution in [0.2, 0.25) is 0 Å². The minimum Gasteiger partial charge on any atom is -0.364 e. The third kappa shape index (κ3) is 2.09. The number of aryl methyl sites for hydroxylation is 1. The van der Waals surface area contributed by atoms with Crippen LogP contribution in [-0.2, 0) is 6.42 Å². The third-order valence-electron chi connectivity index (χ3n) is 3.08. The fourth-order valence-corrected chi connectivity index (χ4v) is 2.18. The van der Waals surface area contributed by atoms with E-state index >= 15 is 0 Å². The molecule has 3 N–H and O–H groups in total. The number of aromatic nitrogens is 2. The van der Waals surface area contributed by atoms with Gasteiger partial charge in [0.15, 0.2) is 0 Å². The van der Waals surface area contributed by atoms with Crippen LogP contribution in [0.3, 0.4) is 0 Å². The predicted molar refractivity (Wildman–Crippen MR) is 61.3 cm³/mol. The van der Waals surface area contributed by atoms with Gasteiger partial charge in [-0.25, -0.2) is 0 Å². The van der Waals surface area contributed by atoms with E-state index in [1.54, 1.807) is 0 Å². The summed E-state index contributed by atoms with van der Waals surface area (Å²) in [5.74, 6) is -0.442. The molecule has 0 aromatic carbocycles. The first kappa shape index (κ1) is 11.1. The molecule has 0 bridgehead atoms. The summed E-state index contributed by atoms with van der Waals surface area (Å²) in [6.07, 6.45) is 3.00. The maximum absolute atomic E-state index is 11.1. The van der Waals surface area contributed by atoms with Crippen molar-refractivity contribution < 1.29 is 4.79 Å². The van der Waals surface area contributed by atoms with Crippen molar-refractivity contribution in [1.82, 2.24) is 15.1 Å². The number of piperidine rings is 1. The Morgan fingerprint density at radius 1 is 1.62 bits per heavy atom. The van der Waals surface area contributed by atoms with Gasteiger partial charge in [-0.15, -0.1) is 0 Å². The molecule has 1 aromatic rings. The molecule has 1 aliphatic heterocycles. The van der Waals surface area contributed by atoms with E-state index in [9.17, 15) is 4.79 Å². The Balaban J connectivity index is 2.26. The van der Waals surface area contributed by atoms with Gasteiger partial charge in [0.2, 0.25) is 0 Å². The van der Waals surface area contributed by atoms with E-state index in [1.807, 2.05) is 10.7 Å². The van der Waals surface area contributed by atoms with Gasteiger partial charge in [-0.2, -0.15) is 5.10 Å². The van der Waals surface area contributed by atoms with Crippen LogP contribution in [0.15, 0.2) is 6.07 Å². The Morgan fingerprint density at radius 2 is 2.31 bits per heavy atom. The van der Waals surface area contributed by atoms with Crippen molar-refractivity contribution in [1.29, 1.82) is 0 Å². The molecule has 0 radical (unpaired) electrons. The molecule has 1 saturated heterocycles. The van der Waals surface area contributed by atoms with Gasteiger partial charge >= 0.3 is 0 Å². The van der Waals surface area contributed by atoms with Crippen LogP contribution in [0, 0.1) is 0 Å². The van der Waals surface area contributed by atoms with Crippen molar-refractivity contribution in [2.45, 2.75) is 32.2 Å². The van der Waals surface area contributed by atoms with Gasteiger partial charge in [-0.3, -0.25) is 9.48 Å². The van der Waals surface area contributed by atoms with Gasteiger partial charge in [0, 0.05) is 5.69 Å². The summed E-state index contributed by atoms with van der Waals surface area (Å²) in [4.78, 5) is 11.1. The van der Waals surface area contributed by atoms with E-state index in [4.69, 9.17) is 5.73 Å². The zero-order chi connectivity index (χ0) is 11.5. The summed E-state index contributed by atoms with van der Waals surface area (Å²) in [5, 5.41) is 7.64. The molecule has 1 aliphatic rings. The monoisotopic (exact) mass is 222 g/mol. The number of hydrogen-bond acceptors (Lipinski definition) is 3. The van der Waals surface area contributed by atoms with Gasteiger partial charge in [0.1, 0.15) is 5.69 Å². The number of nitrogens with two attached hydrogens (primary N) is 1. The zero-order valence-corrected chi connectivity index (χ0v) is 9.57. The average molecular weight is 222 g/mol. The molecule has 0 aliphatic carbocycles. The molecule has 2 heterocycles. The van der Waals surface area contributed by atoms with Crippen LogP contribution >= 0.6 is 0 Å². The number of hydrogen-bond donors (Lipinski definition) is 2. The van der Waals surface area contributed by atoms with Crippen molar-refractivity contribution >= 4 is 5.91 Å². The number of nitrogens with zero attached hydrogens (tertiary/aromatic N) is 2. The first-order chi connectivity index (χ1) is 7.72. The molecule has 2 rings (SSSR count). The maximum atomic E-state index is 11.1. The summed E-state index contributed by atoms with van der Waals surface area (Å²) in [5.41, 5.74) is 6.74. The number of carbonyl (C=O) groups excluding carboxylic acids is 1. The molecule has 0 atom stereocenters. The molecular weight excluding hydrogens is 204 g/mol. The largest absolute Gasteiger partial charge is 0.364 e. The highest BCUT2D eigenvalue weighted by Gasteiger charge is 2.20. The summed E-state index contributed by atoms with van der Waals surface area (Å²) in [7, 11) is 0. The SMILES string of the molecule is CCc1cc(C(N)=O)nn1C1CCNCC1. The van der Waals surface area contributed by atoms with E-state index in [-0.39, 0.29) is 0 Å². The van der Waals surface area contributed by atoms with E-state index in [0.29, 0.717) is 11.7 Å². The number of carbonyl (C=O) groups is 1. The fourth-order valence-electron chi connectivity index (χ4n) is 2.18. The lowest BCUT2D eigenvalue weighted by molar-refractivity contribution is 0.0994. The van der Waals surface area contributed by atoms with Crippen LogP contribution < -0.4 is 11.1 Å². The zero-order valence-electron chi connectivity index (χ0n) is 9.57. The molecule has 1 amide bonds. The lowest BCUT2D eigenvalue weighted by atomic mass is 10.1. The molecular formula is C11H18N4O. The highest BCUT2D eigenvalue weighted by molar-refractivity contribution is 5.90. The molecule has 16 heavy (non-hydrogen) atoms. The van der Waals surface area contributed by atoms with Crippen LogP contribution in [-0.4, -0.2) is 28.8 Å². The molecule has 5 nitrogen and oxygen atoms in total. The number of rotatable bonds is 3. The van der Waals surface area contributed by atoms with Gasteiger partial charge in [0.25, 0.3) is 5.91 Å². The Hall–Kier alpha value is -1.36. The topological polar surface area (TPSA) is 72.9 Å². The van der Waals surface area contributed by atoms with Crippen molar-refractivity contribution in [2.75, 3.05) is 13.1 Å². The Morgan fingerprint density at radius 3 is 2.88 bits per heavy atom. The van der Waals surface area contributed by atoms with Gasteiger partial charge in [0.05, 0.1) is 6.04 Å². The summed E-state index contributed by atoms with van der Waals surface area (Å²) < 4.78 is 1.99. The fraction of sp³-hybridized carbons (Fsp3) is 0.636. The van der Waals surface area contributed by atoms with E-state index in [1.165, 1.54) is 0 Å². The lowest BCUT2D eigenvalue weighted by Gasteiger charge is -2.24. The van der Waals surface area contributed by atoms with E-state index in [2.05, 4.69) is 17.3 Å². The van der Waals surface area contributed by atoms with Crippen molar-refractivity contribution in [3.63, 3.8) is 0 Å². The molecule has 1 aromatic heterocycles. The maximum Gasteiger partial charge on any atom is 0.269 e. The highest BCUT2D eigenvalue weighted by atomic mass is 16.1. The molecule has 0 unspecified atom stereocenters. The Labute approximate surface area is 95.0 Å². The molecule has 88 valence electrons. The highest BCUT2D eigenvalue weighted by Crippen LogP contribution is 2.21. The van der Waals surface area contributed by atoms with Crippen molar-refractivity contribution in [3.8, 4) is 0 Å². The Kier molecular flexibility index (Phi) is 3.24. The summed E-state index contributed by atoms with van der Waals surface area (Å²) in [6.45, 7) is 4.10. The van der Waals surface area contributed by atoms with Crippen LogP contribution in [0.25, 0.3) is 0 Å². The molecule has 5 heteroatoms. The number of primary amides is 1. The number of amides is 1. The first-order valence-electron chi connectivity index (χ1n) is 5.81. The van der Waals surface area contributed by atoms with Crippen LogP contribution in [0.1, 0.15) is 42.0 Å². The quantitative estimate of drug-likeness (QED) is 0.780. The summed E-state index contributed by atoms with van der Waals surface area (Å²) >= 11 is 0. The van der Waals surface area contributed by atoms with Gasteiger partial charge in [-0.1, -0.05) is 6.92 Å². The second-order valence-electron chi connectivity index (χ2n) is 4.16. The van der Waals surface area contributed by atoms with Gasteiger partial charge in [-0.05, 0) is 38.4 Å². The van der Waals surface area contributed by atoms with E-state index in [0.717, 1.165) is 38.0 Å².